The maximum absolute atomic E-state index is 11.9. The van der Waals surface area contributed by atoms with Crippen LogP contribution in [0.2, 0.25) is 0 Å². The standard InChI is InChI=1S/C17H16N2O4/c18-10-15(20)16(21)19-11-12-6-8-14(9-7-12)23-17(22)13-4-2-1-3-5-13/h1-9H,10-11,18H2,(H,19,21). The zero-order valence-electron chi connectivity index (χ0n) is 12.3. The van der Waals surface area contributed by atoms with Crippen molar-refractivity contribution in [2.24, 2.45) is 5.73 Å². The minimum Gasteiger partial charge on any atom is -0.423 e. The van der Waals surface area contributed by atoms with Crippen molar-refractivity contribution in [1.82, 2.24) is 5.32 Å². The number of nitrogens with two attached hydrogens (primary N) is 1. The average Bonchev–Trinajstić information content (AvgIpc) is 2.60. The van der Waals surface area contributed by atoms with Gasteiger partial charge in [0.25, 0.3) is 5.91 Å². The summed E-state index contributed by atoms with van der Waals surface area (Å²) in [6, 6.07) is 15.3. The molecule has 0 spiro atoms. The highest BCUT2D eigenvalue weighted by Gasteiger charge is 2.11. The van der Waals surface area contributed by atoms with Gasteiger partial charge in [-0.25, -0.2) is 4.79 Å². The molecule has 0 heterocycles. The van der Waals surface area contributed by atoms with Gasteiger partial charge in [0.15, 0.2) is 0 Å². The van der Waals surface area contributed by atoms with Gasteiger partial charge in [0.1, 0.15) is 5.75 Å². The van der Waals surface area contributed by atoms with Crippen molar-refractivity contribution in [3.63, 3.8) is 0 Å². The summed E-state index contributed by atoms with van der Waals surface area (Å²) < 4.78 is 5.24. The number of esters is 1. The van der Waals surface area contributed by atoms with E-state index in [9.17, 15) is 14.4 Å². The molecule has 0 aliphatic rings. The number of hydrogen-bond acceptors (Lipinski definition) is 5. The molecule has 0 atom stereocenters. The Kier molecular flexibility index (Phi) is 5.60. The van der Waals surface area contributed by atoms with Gasteiger partial charge in [0.05, 0.1) is 12.1 Å². The van der Waals surface area contributed by atoms with Crippen LogP contribution in [0.25, 0.3) is 0 Å². The zero-order valence-corrected chi connectivity index (χ0v) is 12.3. The number of nitrogens with one attached hydrogen (secondary N) is 1. The smallest absolute Gasteiger partial charge is 0.343 e. The molecular formula is C17H16N2O4. The predicted octanol–water partition coefficient (Wildman–Crippen LogP) is 1.05. The molecule has 0 unspecified atom stereocenters. The molecule has 1 amide bonds. The van der Waals surface area contributed by atoms with Gasteiger partial charge in [-0.3, -0.25) is 9.59 Å². The van der Waals surface area contributed by atoms with E-state index in [1.54, 1.807) is 48.5 Å². The molecule has 6 heteroatoms. The number of ether oxygens (including phenoxy) is 1. The van der Waals surface area contributed by atoms with Crippen molar-refractivity contribution < 1.29 is 19.1 Å². The van der Waals surface area contributed by atoms with Gasteiger partial charge in [-0.05, 0) is 29.8 Å². The molecule has 3 N–H and O–H groups in total. The van der Waals surface area contributed by atoms with E-state index < -0.39 is 17.7 Å². The molecule has 0 saturated carbocycles. The predicted molar refractivity (Wildman–Crippen MR) is 83.8 cm³/mol. The molecule has 23 heavy (non-hydrogen) atoms. The van der Waals surface area contributed by atoms with Crippen molar-refractivity contribution in [3.05, 3.63) is 65.7 Å². The Morgan fingerprint density at radius 3 is 2.22 bits per heavy atom. The summed E-state index contributed by atoms with van der Waals surface area (Å²) in [6.07, 6.45) is 0. The van der Waals surface area contributed by atoms with Crippen molar-refractivity contribution in [2.45, 2.75) is 6.54 Å². The third-order valence-electron chi connectivity index (χ3n) is 3.04. The highest BCUT2D eigenvalue weighted by molar-refractivity contribution is 6.36. The fourth-order valence-corrected chi connectivity index (χ4v) is 1.79. The monoisotopic (exact) mass is 312 g/mol. The second kappa shape index (κ2) is 7.86. The molecule has 0 fully saturated rings. The van der Waals surface area contributed by atoms with Crippen LogP contribution in [-0.4, -0.2) is 24.2 Å². The summed E-state index contributed by atoms with van der Waals surface area (Å²) in [5, 5.41) is 2.46. The van der Waals surface area contributed by atoms with Gasteiger partial charge in [0, 0.05) is 6.54 Å². The Balaban J connectivity index is 1.91. The summed E-state index contributed by atoms with van der Waals surface area (Å²) in [5.41, 5.74) is 6.33. The van der Waals surface area contributed by atoms with E-state index >= 15 is 0 Å². The fraction of sp³-hybridized carbons (Fsp3) is 0.118. The Hall–Kier alpha value is -2.99. The highest BCUT2D eigenvalue weighted by Crippen LogP contribution is 2.14. The van der Waals surface area contributed by atoms with Gasteiger partial charge < -0.3 is 15.8 Å². The van der Waals surface area contributed by atoms with Crippen molar-refractivity contribution in [2.75, 3.05) is 6.54 Å². The second-order valence-electron chi connectivity index (χ2n) is 4.71. The number of amides is 1. The van der Waals surface area contributed by atoms with Crippen molar-refractivity contribution in [3.8, 4) is 5.75 Å². The van der Waals surface area contributed by atoms with Gasteiger partial charge in [-0.15, -0.1) is 0 Å². The number of ketones is 1. The number of carbonyl (C=O) groups is 3. The molecule has 6 nitrogen and oxygen atoms in total. The molecule has 0 aliphatic heterocycles. The van der Waals surface area contributed by atoms with Crippen molar-refractivity contribution >= 4 is 17.7 Å². The van der Waals surface area contributed by atoms with Crippen LogP contribution in [0.5, 0.6) is 5.75 Å². The summed E-state index contributed by atoms with van der Waals surface area (Å²) in [6.45, 7) is -0.127. The highest BCUT2D eigenvalue weighted by atomic mass is 16.5. The summed E-state index contributed by atoms with van der Waals surface area (Å²) in [4.78, 5) is 34.2. The second-order valence-corrected chi connectivity index (χ2v) is 4.71. The molecule has 0 aliphatic carbocycles. The maximum atomic E-state index is 11.9. The zero-order chi connectivity index (χ0) is 16.7. The molecule has 2 aromatic rings. The fourth-order valence-electron chi connectivity index (χ4n) is 1.79. The summed E-state index contributed by atoms with van der Waals surface area (Å²) in [5.74, 6) is -1.43. The lowest BCUT2D eigenvalue weighted by Gasteiger charge is -2.07. The van der Waals surface area contributed by atoms with Crippen LogP contribution in [0.3, 0.4) is 0 Å². The van der Waals surface area contributed by atoms with Gasteiger partial charge in [0.2, 0.25) is 5.78 Å². The molecule has 0 aromatic heterocycles. The van der Waals surface area contributed by atoms with Gasteiger partial charge in [-0.2, -0.15) is 0 Å². The lowest BCUT2D eigenvalue weighted by atomic mass is 10.2. The molecule has 0 bridgehead atoms. The van der Waals surface area contributed by atoms with Crippen molar-refractivity contribution in [1.29, 1.82) is 0 Å². The van der Waals surface area contributed by atoms with Crippen LogP contribution in [0, 0.1) is 0 Å². The van der Waals surface area contributed by atoms with E-state index in [2.05, 4.69) is 5.32 Å². The Labute approximate surface area is 133 Å². The van der Waals surface area contributed by atoms with E-state index in [-0.39, 0.29) is 13.1 Å². The summed E-state index contributed by atoms with van der Waals surface area (Å²) in [7, 11) is 0. The lowest BCUT2D eigenvalue weighted by Crippen LogP contribution is -2.34. The Morgan fingerprint density at radius 1 is 0.957 bits per heavy atom. The van der Waals surface area contributed by atoms with Gasteiger partial charge in [-0.1, -0.05) is 30.3 Å². The number of carbonyl (C=O) groups excluding carboxylic acids is 3. The third-order valence-corrected chi connectivity index (χ3v) is 3.04. The first-order valence-corrected chi connectivity index (χ1v) is 6.97. The first kappa shape index (κ1) is 16.4. The molecular weight excluding hydrogens is 296 g/mol. The Bertz CT molecular complexity index is 696. The van der Waals surface area contributed by atoms with Crippen LogP contribution in [0.1, 0.15) is 15.9 Å². The van der Waals surface area contributed by atoms with Gasteiger partial charge >= 0.3 is 5.97 Å². The van der Waals surface area contributed by atoms with E-state index in [1.165, 1.54) is 0 Å². The first-order chi connectivity index (χ1) is 11.1. The Morgan fingerprint density at radius 2 is 1.61 bits per heavy atom. The largest absolute Gasteiger partial charge is 0.423 e. The van der Waals surface area contributed by atoms with Crippen LogP contribution in [-0.2, 0) is 16.1 Å². The molecule has 0 radical (unpaired) electrons. The number of rotatable bonds is 6. The third kappa shape index (κ3) is 4.76. The minimum absolute atomic E-state index is 0.192. The van der Waals surface area contributed by atoms with E-state index in [0.29, 0.717) is 11.3 Å². The van der Waals surface area contributed by atoms with Crippen LogP contribution in [0.4, 0.5) is 0 Å². The number of hydrogen-bond donors (Lipinski definition) is 2. The van der Waals surface area contributed by atoms with Crippen LogP contribution < -0.4 is 15.8 Å². The topological polar surface area (TPSA) is 98.5 Å². The normalized spacial score (nSPS) is 9.96. The SMILES string of the molecule is NCC(=O)C(=O)NCc1ccc(OC(=O)c2ccccc2)cc1. The van der Waals surface area contributed by atoms with E-state index in [0.717, 1.165) is 5.56 Å². The molecule has 2 rings (SSSR count). The molecule has 118 valence electrons. The first-order valence-electron chi connectivity index (χ1n) is 6.97. The lowest BCUT2D eigenvalue weighted by molar-refractivity contribution is -0.137. The van der Waals surface area contributed by atoms with E-state index in [1.807, 2.05) is 6.07 Å². The number of benzene rings is 2. The van der Waals surface area contributed by atoms with E-state index in [4.69, 9.17) is 10.5 Å². The maximum Gasteiger partial charge on any atom is 0.343 e. The number of Topliss-reactive ketones (excluding diaryl/α,β-unsaturated/α-hetero) is 1. The quantitative estimate of drug-likeness (QED) is 0.472. The molecule has 0 saturated heterocycles. The van der Waals surface area contributed by atoms with Crippen LogP contribution in [0.15, 0.2) is 54.6 Å². The van der Waals surface area contributed by atoms with Crippen LogP contribution >= 0.6 is 0 Å². The minimum atomic E-state index is -0.716. The molecule has 2 aromatic carbocycles. The average molecular weight is 312 g/mol. The summed E-state index contributed by atoms with van der Waals surface area (Å²) >= 11 is 0.